The highest BCUT2D eigenvalue weighted by atomic mass is 35.5. The van der Waals surface area contributed by atoms with E-state index in [-0.39, 0.29) is 5.91 Å². The lowest BCUT2D eigenvalue weighted by molar-refractivity contribution is 0.0956. The van der Waals surface area contributed by atoms with Gasteiger partial charge in [0.2, 0.25) is 0 Å². The van der Waals surface area contributed by atoms with Crippen LogP contribution in [0.4, 0.5) is 0 Å². The number of carbonyl (C=O) groups excluding carboxylic acids is 1. The summed E-state index contributed by atoms with van der Waals surface area (Å²) < 4.78 is 0. The Morgan fingerprint density at radius 1 is 1.00 bits per heavy atom. The number of nitrogens with one attached hydrogen (secondary N) is 1. The van der Waals surface area contributed by atoms with Crippen LogP contribution >= 0.6 is 11.6 Å². The lowest BCUT2D eigenvalue weighted by atomic mass is 10.00. The van der Waals surface area contributed by atoms with Crippen molar-refractivity contribution in [3.63, 3.8) is 0 Å². The Hall–Kier alpha value is -3.50. The van der Waals surface area contributed by atoms with Crippen molar-refractivity contribution in [1.29, 1.82) is 0 Å². The van der Waals surface area contributed by atoms with Crippen LogP contribution in [-0.2, 0) is 0 Å². The Kier molecular flexibility index (Phi) is 6.85. The van der Waals surface area contributed by atoms with E-state index in [4.69, 9.17) is 16.6 Å². The first-order valence-electron chi connectivity index (χ1n) is 11.1. The Labute approximate surface area is 199 Å². The van der Waals surface area contributed by atoms with E-state index in [1.54, 1.807) is 12.1 Å². The van der Waals surface area contributed by atoms with Gasteiger partial charge in [-0.3, -0.25) is 4.79 Å². The molecule has 0 aliphatic heterocycles. The third-order valence-corrected chi connectivity index (χ3v) is 5.95. The van der Waals surface area contributed by atoms with E-state index >= 15 is 0 Å². The van der Waals surface area contributed by atoms with E-state index < -0.39 is 0 Å². The van der Waals surface area contributed by atoms with Crippen molar-refractivity contribution in [1.82, 2.24) is 10.4 Å². The Balaban J connectivity index is 1.70. The quantitative estimate of drug-likeness (QED) is 0.246. The molecule has 0 spiro atoms. The number of para-hydroxylation sites is 1. The topological polar surface area (TPSA) is 54.4 Å². The molecule has 0 atom stereocenters. The van der Waals surface area contributed by atoms with Gasteiger partial charge in [0.1, 0.15) is 0 Å². The number of pyridine rings is 1. The molecule has 1 N–H and O–H groups in total. The summed E-state index contributed by atoms with van der Waals surface area (Å²) >= 11 is 6.44. The lowest BCUT2D eigenvalue weighted by Gasteiger charge is -2.11. The van der Waals surface area contributed by atoms with Gasteiger partial charge in [0, 0.05) is 10.9 Å². The van der Waals surface area contributed by atoms with E-state index in [2.05, 4.69) is 48.6 Å². The summed E-state index contributed by atoms with van der Waals surface area (Å²) in [7, 11) is 0. The smallest absolute Gasteiger partial charge is 0.267 e. The fourth-order valence-electron chi connectivity index (χ4n) is 3.74. The molecule has 0 aliphatic carbocycles. The molecule has 33 heavy (non-hydrogen) atoms. The average molecular weight is 456 g/mol. The molecule has 3 aromatic carbocycles. The van der Waals surface area contributed by atoms with E-state index in [1.807, 2.05) is 49.4 Å². The molecule has 4 aromatic rings. The number of halogens is 1. The van der Waals surface area contributed by atoms with E-state index in [0.29, 0.717) is 39.5 Å². The highest BCUT2D eigenvalue weighted by Gasteiger charge is 2.16. The van der Waals surface area contributed by atoms with Crippen LogP contribution in [0.25, 0.3) is 22.2 Å². The Bertz CT molecular complexity index is 1310. The van der Waals surface area contributed by atoms with Crippen molar-refractivity contribution < 1.29 is 4.79 Å². The van der Waals surface area contributed by atoms with Gasteiger partial charge in [-0.25, -0.2) is 10.4 Å². The maximum absolute atomic E-state index is 13.3. The summed E-state index contributed by atoms with van der Waals surface area (Å²) in [6.07, 6.45) is 0.694. The third kappa shape index (κ3) is 4.96. The molecule has 1 aromatic heterocycles. The van der Waals surface area contributed by atoms with Gasteiger partial charge in [-0.15, -0.1) is 0 Å². The second-order valence-electron chi connectivity index (χ2n) is 8.19. The van der Waals surface area contributed by atoms with Crippen molar-refractivity contribution >= 4 is 34.1 Å². The van der Waals surface area contributed by atoms with Crippen molar-refractivity contribution in [3.05, 3.63) is 101 Å². The van der Waals surface area contributed by atoms with Crippen LogP contribution in [0.2, 0.25) is 5.02 Å². The number of fused-ring (bicyclic) bond motifs is 1. The largest absolute Gasteiger partial charge is 0.272 e. The first kappa shape index (κ1) is 22.7. The molecule has 5 heteroatoms. The second-order valence-corrected chi connectivity index (χ2v) is 8.59. The number of nitrogens with zero attached hydrogens (tertiary/aromatic N) is 2. The number of hydrogen-bond acceptors (Lipinski definition) is 3. The summed E-state index contributed by atoms with van der Waals surface area (Å²) in [5.74, 6) is 0.165. The van der Waals surface area contributed by atoms with Crippen molar-refractivity contribution in [2.45, 2.75) is 33.1 Å². The molecule has 0 saturated heterocycles. The monoisotopic (exact) mass is 455 g/mol. The third-order valence-electron chi connectivity index (χ3n) is 5.64. The standard InChI is InChI=1S/C28H26ClN3O/c1-4-25(21-15-13-19(14-16-21)18(2)3)31-32-28(33)23-17-26(20-9-6-5-7-10-20)30-27-22(23)11-8-12-24(27)29/h5-18H,4H2,1-3H3,(H,32,33). The molecule has 0 unspecified atom stereocenters. The number of carbonyl (C=O) groups is 1. The minimum atomic E-state index is -0.299. The second kappa shape index (κ2) is 9.97. The van der Waals surface area contributed by atoms with Gasteiger partial charge in [-0.05, 0) is 35.6 Å². The van der Waals surface area contributed by atoms with Gasteiger partial charge in [-0.1, -0.05) is 99.1 Å². The zero-order chi connectivity index (χ0) is 23.4. The molecular weight excluding hydrogens is 430 g/mol. The summed E-state index contributed by atoms with van der Waals surface area (Å²) in [5.41, 5.74) is 8.51. The maximum atomic E-state index is 13.3. The summed E-state index contributed by atoms with van der Waals surface area (Å²) in [4.78, 5) is 18.0. The zero-order valence-corrected chi connectivity index (χ0v) is 19.7. The molecule has 0 fully saturated rings. The van der Waals surface area contributed by atoms with Crippen LogP contribution in [0, 0.1) is 0 Å². The number of aromatic nitrogens is 1. The van der Waals surface area contributed by atoms with Gasteiger partial charge >= 0.3 is 0 Å². The molecule has 4 nitrogen and oxygen atoms in total. The molecule has 0 bridgehead atoms. The maximum Gasteiger partial charge on any atom is 0.272 e. The fourth-order valence-corrected chi connectivity index (χ4v) is 3.96. The predicted octanol–water partition coefficient (Wildman–Crippen LogP) is 7.22. The van der Waals surface area contributed by atoms with E-state index in [1.165, 1.54) is 5.56 Å². The lowest BCUT2D eigenvalue weighted by Crippen LogP contribution is -2.20. The van der Waals surface area contributed by atoms with Crippen LogP contribution in [-0.4, -0.2) is 16.6 Å². The first-order chi connectivity index (χ1) is 16.0. The molecule has 0 saturated carbocycles. The summed E-state index contributed by atoms with van der Waals surface area (Å²) in [6.45, 7) is 6.36. The molecule has 0 aliphatic rings. The minimum Gasteiger partial charge on any atom is -0.267 e. The van der Waals surface area contributed by atoms with Crippen LogP contribution in [0.5, 0.6) is 0 Å². The molecule has 0 radical (unpaired) electrons. The number of amides is 1. The normalized spacial score (nSPS) is 11.7. The zero-order valence-electron chi connectivity index (χ0n) is 19.0. The number of benzene rings is 3. The van der Waals surface area contributed by atoms with E-state index in [0.717, 1.165) is 16.8 Å². The highest BCUT2D eigenvalue weighted by molar-refractivity contribution is 6.35. The molecular formula is C28H26ClN3O. The van der Waals surface area contributed by atoms with Gasteiger partial charge in [0.15, 0.2) is 0 Å². The van der Waals surface area contributed by atoms with Crippen LogP contribution in [0.15, 0.2) is 84.0 Å². The van der Waals surface area contributed by atoms with Crippen molar-refractivity contribution in [3.8, 4) is 11.3 Å². The molecule has 1 heterocycles. The number of hydrogen-bond donors (Lipinski definition) is 1. The molecule has 4 rings (SSSR count). The van der Waals surface area contributed by atoms with Crippen LogP contribution in [0.1, 0.15) is 54.6 Å². The first-order valence-corrected chi connectivity index (χ1v) is 11.5. The van der Waals surface area contributed by atoms with Crippen LogP contribution < -0.4 is 5.43 Å². The van der Waals surface area contributed by atoms with Crippen molar-refractivity contribution in [2.24, 2.45) is 5.10 Å². The molecule has 1 amide bonds. The fraction of sp³-hybridized carbons (Fsp3) is 0.179. The minimum absolute atomic E-state index is 0.299. The van der Waals surface area contributed by atoms with Gasteiger partial charge in [-0.2, -0.15) is 5.10 Å². The SMILES string of the molecule is CCC(=NNC(=O)c1cc(-c2ccccc2)nc2c(Cl)cccc12)c1ccc(C(C)C)cc1. The number of rotatable bonds is 6. The predicted molar refractivity (Wildman–Crippen MR) is 137 cm³/mol. The van der Waals surface area contributed by atoms with Crippen molar-refractivity contribution in [2.75, 3.05) is 0 Å². The Morgan fingerprint density at radius 3 is 2.39 bits per heavy atom. The van der Waals surface area contributed by atoms with Gasteiger partial charge in [0.25, 0.3) is 5.91 Å². The molecule has 166 valence electrons. The highest BCUT2D eigenvalue weighted by Crippen LogP contribution is 2.29. The van der Waals surface area contributed by atoms with Gasteiger partial charge < -0.3 is 0 Å². The van der Waals surface area contributed by atoms with Gasteiger partial charge in [0.05, 0.1) is 27.5 Å². The summed E-state index contributed by atoms with van der Waals surface area (Å²) in [5, 5.41) is 5.65. The summed E-state index contributed by atoms with van der Waals surface area (Å²) in [6, 6.07) is 25.3. The average Bonchev–Trinajstić information content (AvgIpc) is 2.85. The number of hydrazone groups is 1. The van der Waals surface area contributed by atoms with Crippen LogP contribution in [0.3, 0.4) is 0 Å². The van der Waals surface area contributed by atoms with E-state index in [9.17, 15) is 4.79 Å². The Morgan fingerprint density at radius 2 is 1.73 bits per heavy atom.